The van der Waals surface area contributed by atoms with Gasteiger partial charge in [-0.2, -0.15) is 0 Å². The summed E-state index contributed by atoms with van der Waals surface area (Å²) in [6.45, 7) is 3.40. The second kappa shape index (κ2) is 6.26. The van der Waals surface area contributed by atoms with Crippen LogP contribution in [0.1, 0.15) is 27.9 Å². The van der Waals surface area contributed by atoms with Gasteiger partial charge in [0, 0.05) is 12.0 Å². The van der Waals surface area contributed by atoms with Gasteiger partial charge in [0.05, 0.1) is 0 Å². The predicted octanol–water partition coefficient (Wildman–Crippen LogP) is 2.14. The molecule has 0 aliphatic carbocycles. The van der Waals surface area contributed by atoms with Gasteiger partial charge in [-0.25, -0.2) is 13.6 Å². The van der Waals surface area contributed by atoms with Gasteiger partial charge in [-0.15, -0.1) is 0 Å². The molecule has 0 bridgehead atoms. The minimum Gasteiger partial charge on any atom is -0.480 e. The second-order valence-electron chi connectivity index (χ2n) is 4.26. The number of carbonyl (C=O) groups excluding carboxylic acids is 1. The second-order valence-corrected chi connectivity index (χ2v) is 4.26. The van der Waals surface area contributed by atoms with Gasteiger partial charge in [0.2, 0.25) is 6.43 Å². The predicted molar refractivity (Wildman–Crippen MR) is 65.4 cm³/mol. The molecule has 0 radical (unpaired) electrons. The highest BCUT2D eigenvalue weighted by molar-refractivity contribution is 5.99. The summed E-state index contributed by atoms with van der Waals surface area (Å²) in [7, 11) is 0. The Bertz CT molecular complexity index is 469. The normalized spacial score (nSPS) is 12.3. The number of carboxylic acids is 1. The Labute approximate surface area is 109 Å². The van der Waals surface area contributed by atoms with Crippen LogP contribution in [0.4, 0.5) is 8.78 Å². The Morgan fingerprint density at radius 3 is 2.21 bits per heavy atom. The molecule has 1 unspecified atom stereocenters. The van der Waals surface area contributed by atoms with Crippen LogP contribution in [0.25, 0.3) is 0 Å². The minimum atomic E-state index is -2.79. The van der Waals surface area contributed by atoms with Crippen molar-refractivity contribution in [3.8, 4) is 0 Å². The van der Waals surface area contributed by atoms with Gasteiger partial charge < -0.3 is 10.4 Å². The lowest BCUT2D eigenvalue weighted by Gasteiger charge is -2.16. The Morgan fingerprint density at radius 2 is 1.79 bits per heavy atom. The van der Waals surface area contributed by atoms with Crippen molar-refractivity contribution in [1.82, 2.24) is 5.32 Å². The third kappa shape index (κ3) is 4.01. The van der Waals surface area contributed by atoms with Crippen molar-refractivity contribution >= 4 is 11.9 Å². The molecular weight excluding hydrogens is 256 g/mol. The highest BCUT2D eigenvalue weighted by Gasteiger charge is 2.25. The lowest BCUT2D eigenvalue weighted by Crippen LogP contribution is -2.42. The smallest absolute Gasteiger partial charge is 0.326 e. The topological polar surface area (TPSA) is 66.4 Å². The molecule has 0 aliphatic heterocycles. The van der Waals surface area contributed by atoms with Crippen LogP contribution in [0.3, 0.4) is 0 Å². The quantitative estimate of drug-likeness (QED) is 0.862. The highest BCUT2D eigenvalue weighted by atomic mass is 19.3. The van der Waals surface area contributed by atoms with Gasteiger partial charge in [-0.05, 0) is 25.0 Å². The molecule has 2 N–H and O–H groups in total. The van der Waals surface area contributed by atoms with E-state index in [-0.39, 0.29) is 0 Å². The molecule has 104 valence electrons. The van der Waals surface area contributed by atoms with Crippen LogP contribution in [-0.2, 0) is 4.79 Å². The zero-order chi connectivity index (χ0) is 14.6. The van der Waals surface area contributed by atoms with E-state index in [9.17, 15) is 18.4 Å². The SMILES string of the molecule is Cc1cccc(C)c1C(=O)NC(CC(F)F)C(=O)O. The van der Waals surface area contributed by atoms with Gasteiger partial charge in [0.25, 0.3) is 5.91 Å². The maximum atomic E-state index is 12.2. The van der Waals surface area contributed by atoms with Crippen molar-refractivity contribution in [1.29, 1.82) is 0 Å². The van der Waals surface area contributed by atoms with Crippen molar-refractivity contribution in [2.75, 3.05) is 0 Å². The van der Waals surface area contributed by atoms with E-state index >= 15 is 0 Å². The lowest BCUT2D eigenvalue weighted by molar-refractivity contribution is -0.140. The van der Waals surface area contributed by atoms with E-state index in [1.165, 1.54) is 0 Å². The van der Waals surface area contributed by atoms with E-state index in [1.807, 2.05) is 0 Å². The number of aryl methyl sites for hydroxylation is 2. The fraction of sp³-hybridized carbons (Fsp3) is 0.385. The monoisotopic (exact) mass is 271 g/mol. The summed E-state index contributed by atoms with van der Waals surface area (Å²) in [5.41, 5.74) is 1.65. The fourth-order valence-electron chi connectivity index (χ4n) is 1.80. The number of aliphatic carboxylic acids is 1. The molecule has 4 nitrogen and oxygen atoms in total. The summed E-state index contributed by atoms with van der Waals surface area (Å²) in [5, 5.41) is 10.9. The number of rotatable bonds is 5. The molecule has 6 heteroatoms. The van der Waals surface area contributed by atoms with Crippen molar-refractivity contribution in [2.45, 2.75) is 32.7 Å². The zero-order valence-corrected chi connectivity index (χ0v) is 10.6. The Balaban J connectivity index is 2.91. The number of amides is 1. The first-order valence-electron chi connectivity index (χ1n) is 5.71. The van der Waals surface area contributed by atoms with Gasteiger partial charge in [0.15, 0.2) is 0 Å². The minimum absolute atomic E-state index is 0.322. The molecule has 0 spiro atoms. The van der Waals surface area contributed by atoms with Crippen LogP contribution in [0.5, 0.6) is 0 Å². The van der Waals surface area contributed by atoms with E-state index < -0.39 is 30.8 Å². The van der Waals surface area contributed by atoms with Crippen LogP contribution in [0, 0.1) is 13.8 Å². The number of nitrogens with one attached hydrogen (secondary N) is 1. The first-order chi connectivity index (χ1) is 8.82. The number of benzene rings is 1. The van der Waals surface area contributed by atoms with E-state index in [4.69, 9.17) is 5.11 Å². The number of alkyl halides is 2. The highest BCUT2D eigenvalue weighted by Crippen LogP contribution is 2.14. The molecule has 0 fully saturated rings. The van der Waals surface area contributed by atoms with E-state index in [0.717, 1.165) is 0 Å². The molecule has 1 aromatic rings. The van der Waals surface area contributed by atoms with Gasteiger partial charge in [-0.3, -0.25) is 4.79 Å². The molecule has 1 rings (SSSR count). The summed E-state index contributed by atoms with van der Waals surface area (Å²) in [4.78, 5) is 22.8. The van der Waals surface area contributed by atoms with Crippen LogP contribution >= 0.6 is 0 Å². The molecule has 1 aromatic carbocycles. The van der Waals surface area contributed by atoms with Gasteiger partial charge in [-0.1, -0.05) is 18.2 Å². The molecule has 0 saturated heterocycles. The third-order valence-electron chi connectivity index (χ3n) is 2.73. The van der Waals surface area contributed by atoms with Crippen molar-refractivity contribution in [3.63, 3.8) is 0 Å². The number of carbonyl (C=O) groups is 2. The summed E-state index contributed by atoms with van der Waals surface area (Å²) in [6.07, 6.45) is -3.70. The first-order valence-corrected chi connectivity index (χ1v) is 5.71. The summed E-state index contributed by atoms with van der Waals surface area (Å²) >= 11 is 0. The molecule has 0 aromatic heterocycles. The molecule has 19 heavy (non-hydrogen) atoms. The molecule has 0 aliphatic rings. The van der Waals surface area contributed by atoms with E-state index in [2.05, 4.69) is 5.32 Å². The standard InChI is InChI=1S/C13H15F2NO3/c1-7-4-3-5-8(2)11(7)12(17)16-9(13(18)19)6-10(14)15/h3-5,9-10H,6H2,1-2H3,(H,16,17)(H,18,19). The van der Waals surface area contributed by atoms with E-state index in [0.29, 0.717) is 16.7 Å². The van der Waals surface area contributed by atoms with Crippen LogP contribution in [0.2, 0.25) is 0 Å². The lowest BCUT2D eigenvalue weighted by atomic mass is 10.0. The maximum Gasteiger partial charge on any atom is 0.326 e. The summed E-state index contributed by atoms with van der Waals surface area (Å²) in [6, 6.07) is 3.57. The average molecular weight is 271 g/mol. The Morgan fingerprint density at radius 1 is 1.26 bits per heavy atom. The number of hydrogen-bond acceptors (Lipinski definition) is 2. The molecule has 1 amide bonds. The van der Waals surface area contributed by atoms with Crippen LogP contribution in [-0.4, -0.2) is 29.5 Å². The Kier molecular flexibility index (Phi) is 4.97. The van der Waals surface area contributed by atoms with Gasteiger partial charge >= 0.3 is 5.97 Å². The van der Waals surface area contributed by atoms with Crippen LogP contribution < -0.4 is 5.32 Å². The molecular formula is C13H15F2NO3. The third-order valence-corrected chi connectivity index (χ3v) is 2.73. The number of hydrogen-bond donors (Lipinski definition) is 2. The zero-order valence-electron chi connectivity index (χ0n) is 10.6. The van der Waals surface area contributed by atoms with Crippen molar-refractivity contribution < 1.29 is 23.5 Å². The Hall–Kier alpha value is -1.98. The van der Waals surface area contributed by atoms with Crippen molar-refractivity contribution in [3.05, 3.63) is 34.9 Å². The van der Waals surface area contributed by atoms with E-state index in [1.54, 1.807) is 32.0 Å². The average Bonchev–Trinajstić information content (AvgIpc) is 2.27. The van der Waals surface area contributed by atoms with Gasteiger partial charge in [0.1, 0.15) is 6.04 Å². The molecule has 0 heterocycles. The van der Waals surface area contributed by atoms with Crippen molar-refractivity contribution in [2.24, 2.45) is 0 Å². The fourth-order valence-corrected chi connectivity index (χ4v) is 1.80. The summed E-state index contributed by atoms with van der Waals surface area (Å²) < 4.78 is 24.5. The van der Waals surface area contributed by atoms with Crippen LogP contribution in [0.15, 0.2) is 18.2 Å². The molecule has 1 atom stereocenters. The number of carboxylic acid groups (broad SMARTS) is 1. The first kappa shape index (κ1) is 15.1. The maximum absolute atomic E-state index is 12.2. The number of halogens is 2. The largest absolute Gasteiger partial charge is 0.480 e. The molecule has 0 saturated carbocycles. The summed E-state index contributed by atoms with van der Waals surface area (Å²) in [5.74, 6) is -2.12.